The van der Waals surface area contributed by atoms with Crippen molar-refractivity contribution in [2.75, 3.05) is 5.73 Å². The maximum absolute atomic E-state index is 11.5. The van der Waals surface area contributed by atoms with E-state index in [0.29, 0.717) is 68.1 Å². The third-order valence-electron chi connectivity index (χ3n) is 9.46. The lowest BCUT2D eigenvalue weighted by Gasteiger charge is -2.15. The van der Waals surface area contributed by atoms with Gasteiger partial charge in [0.1, 0.15) is 47.4 Å². The number of carbonyl (C=O) groups is 6. The van der Waals surface area contributed by atoms with Crippen molar-refractivity contribution in [2.24, 2.45) is 11.5 Å². The van der Waals surface area contributed by atoms with Crippen LogP contribution in [0, 0.1) is 0 Å². The van der Waals surface area contributed by atoms with Gasteiger partial charge in [0.15, 0.2) is 0 Å². The van der Waals surface area contributed by atoms with Crippen LogP contribution in [0.15, 0.2) is 72.8 Å². The van der Waals surface area contributed by atoms with Crippen molar-refractivity contribution in [1.82, 2.24) is 46.5 Å². The van der Waals surface area contributed by atoms with Crippen molar-refractivity contribution < 1.29 is 28.8 Å². The number of amides is 3. The summed E-state index contributed by atoms with van der Waals surface area (Å²) >= 11 is 4.07. The Balaban J connectivity index is 0.000000222. The topological polar surface area (TPSA) is 294 Å². The number of ketones is 3. The lowest BCUT2D eigenvalue weighted by molar-refractivity contribution is -0.120. The fraction of sp³-hybridized carbons (Fsp3) is 0.362. The molecule has 68 heavy (non-hydrogen) atoms. The number of rotatable bonds is 20. The Morgan fingerprint density at radius 2 is 0.779 bits per heavy atom. The van der Waals surface area contributed by atoms with Crippen molar-refractivity contribution in [3.05, 3.63) is 131 Å². The molecular weight excluding hydrogens is 925 g/mol. The van der Waals surface area contributed by atoms with E-state index < -0.39 is 0 Å². The Kier molecular flexibility index (Phi) is 21.7. The highest BCUT2D eigenvalue weighted by atomic mass is 32.1. The monoisotopic (exact) mass is 982 g/mol. The highest BCUT2D eigenvalue weighted by molar-refractivity contribution is 7.12. The Bertz CT molecular complexity index is 2610. The van der Waals surface area contributed by atoms with E-state index in [2.05, 4.69) is 46.5 Å². The largest absolute Gasteiger partial charge is 0.399 e. The summed E-state index contributed by atoms with van der Waals surface area (Å²) in [6.07, 6.45) is 2.62. The second-order valence-corrected chi connectivity index (χ2v) is 19.2. The van der Waals surface area contributed by atoms with Gasteiger partial charge < -0.3 is 33.2 Å². The average molecular weight is 983 g/mol. The summed E-state index contributed by atoms with van der Waals surface area (Å²) in [6, 6.07) is 22.6. The quantitative estimate of drug-likeness (QED) is 0.0562. The summed E-state index contributed by atoms with van der Waals surface area (Å²) in [5.41, 5.74) is 22.9. The lowest BCUT2D eigenvalue weighted by atomic mass is 10.0. The van der Waals surface area contributed by atoms with Gasteiger partial charge in [0.25, 0.3) is 0 Å². The SMILES string of the molecule is CC(=O)Cc1nnc([C@H](Cc2ccc(CN)cc2)NC(C)=O)s1.CC(=O)Cc1nnc([C@H](Cc2ccc(N)cc2)NC(C)=O)s1.CC(=O)Cc1nnc([C@H](Cc2cccc(CN)c2)NC(C)=O)s1. The number of carbonyl (C=O) groups excluding carboxylic acids is 6. The van der Waals surface area contributed by atoms with Crippen molar-refractivity contribution in [2.45, 2.75) is 111 Å². The molecule has 0 saturated heterocycles. The number of hydrogen-bond donors (Lipinski definition) is 6. The van der Waals surface area contributed by atoms with E-state index in [1.165, 1.54) is 75.6 Å². The molecular formula is C47H58N12O6S3. The predicted octanol–water partition coefficient (Wildman–Crippen LogP) is 4.77. The standard InChI is InChI=1S/2C16H20N4O2S.C15H18N4O2S/c1-10(21)7-15-19-20-16(23-15)14(18-11(2)22)8-12-3-5-13(9-17)6-4-12;1-10(21)6-15-19-20-16(23-15)14(18-11(2)22)8-12-4-3-5-13(7-12)9-17;1-9(20)7-14-18-19-15(22-14)13(17-10(2)21)8-11-3-5-12(16)6-4-11/h3-6,14H,7-9,17H2,1-2H3,(H,18,22);3-5,7,14H,6,8-9,17H2,1-2H3,(H,18,22);3-6,13H,7-8,16H2,1-2H3,(H,17,21)/t2*14-;13-/m000/s1. The van der Waals surface area contributed by atoms with Crippen molar-refractivity contribution >= 4 is 74.8 Å². The normalized spacial score (nSPS) is 11.9. The molecule has 3 atom stereocenters. The molecule has 0 aliphatic rings. The molecule has 18 nitrogen and oxygen atoms in total. The molecule has 0 bridgehead atoms. The van der Waals surface area contributed by atoms with E-state index in [-0.39, 0.29) is 72.5 Å². The van der Waals surface area contributed by atoms with E-state index in [0.717, 1.165) is 27.8 Å². The molecule has 3 aromatic heterocycles. The maximum atomic E-state index is 11.5. The molecule has 0 fully saturated rings. The van der Waals surface area contributed by atoms with Crippen LogP contribution in [0.1, 0.15) is 118 Å². The number of Topliss-reactive ketones (excluding diaryl/α,β-unsaturated/α-hetero) is 3. The number of anilines is 1. The van der Waals surface area contributed by atoms with E-state index in [1.54, 1.807) is 0 Å². The van der Waals surface area contributed by atoms with Crippen LogP contribution in [0.2, 0.25) is 0 Å². The van der Waals surface area contributed by atoms with Gasteiger partial charge in [-0.05, 0) is 80.0 Å². The molecule has 0 spiro atoms. The minimum Gasteiger partial charge on any atom is -0.399 e. The summed E-state index contributed by atoms with van der Waals surface area (Å²) in [7, 11) is 0. The van der Waals surface area contributed by atoms with Crippen LogP contribution >= 0.6 is 34.0 Å². The lowest BCUT2D eigenvalue weighted by Crippen LogP contribution is -2.27. The van der Waals surface area contributed by atoms with Gasteiger partial charge in [-0.2, -0.15) is 0 Å². The van der Waals surface area contributed by atoms with Gasteiger partial charge >= 0.3 is 0 Å². The minimum atomic E-state index is -0.265. The van der Waals surface area contributed by atoms with Crippen LogP contribution in [0.3, 0.4) is 0 Å². The summed E-state index contributed by atoms with van der Waals surface area (Å²) < 4.78 is 0. The van der Waals surface area contributed by atoms with Gasteiger partial charge in [0.05, 0.1) is 37.4 Å². The molecule has 0 saturated carbocycles. The predicted molar refractivity (Wildman–Crippen MR) is 263 cm³/mol. The Morgan fingerprint density at radius 1 is 0.456 bits per heavy atom. The number of nitrogen functional groups attached to an aromatic ring is 1. The third-order valence-corrected chi connectivity index (χ3v) is 12.6. The first-order valence-corrected chi connectivity index (χ1v) is 24.0. The minimum absolute atomic E-state index is 0.0392. The molecule has 3 amide bonds. The molecule has 6 rings (SSSR count). The smallest absolute Gasteiger partial charge is 0.217 e. The van der Waals surface area contributed by atoms with Crippen molar-refractivity contribution in [3.8, 4) is 0 Å². The van der Waals surface area contributed by atoms with Crippen LogP contribution < -0.4 is 33.2 Å². The molecule has 0 aliphatic heterocycles. The van der Waals surface area contributed by atoms with E-state index in [9.17, 15) is 28.8 Å². The molecule has 9 N–H and O–H groups in total. The van der Waals surface area contributed by atoms with Crippen LogP contribution in [0.5, 0.6) is 0 Å². The molecule has 21 heteroatoms. The van der Waals surface area contributed by atoms with Crippen LogP contribution in [-0.2, 0) is 80.4 Å². The first-order chi connectivity index (χ1) is 32.4. The van der Waals surface area contributed by atoms with Gasteiger partial charge in [0, 0.05) is 39.5 Å². The van der Waals surface area contributed by atoms with Gasteiger partial charge in [-0.15, -0.1) is 30.6 Å². The van der Waals surface area contributed by atoms with E-state index in [4.69, 9.17) is 17.2 Å². The first-order valence-electron chi connectivity index (χ1n) is 21.6. The molecule has 3 heterocycles. The number of nitrogens with two attached hydrogens (primary N) is 3. The molecule has 0 radical (unpaired) electrons. The molecule has 3 aromatic carbocycles. The van der Waals surface area contributed by atoms with E-state index in [1.807, 2.05) is 72.8 Å². The van der Waals surface area contributed by atoms with Gasteiger partial charge in [-0.25, -0.2) is 0 Å². The maximum Gasteiger partial charge on any atom is 0.217 e. The van der Waals surface area contributed by atoms with Crippen LogP contribution in [-0.4, -0.2) is 65.7 Å². The second kappa shape index (κ2) is 27.3. The van der Waals surface area contributed by atoms with Crippen LogP contribution in [0.4, 0.5) is 5.69 Å². The van der Waals surface area contributed by atoms with Crippen LogP contribution in [0.25, 0.3) is 0 Å². The Morgan fingerprint density at radius 3 is 1.12 bits per heavy atom. The molecule has 360 valence electrons. The fourth-order valence-electron chi connectivity index (χ4n) is 6.47. The summed E-state index contributed by atoms with van der Waals surface area (Å²) in [5, 5.41) is 37.3. The number of benzene rings is 3. The second-order valence-electron chi connectivity index (χ2n) is 15.9. The third kappa shape index (κ3) is 19.4. The van der Waals surface area contributed by atoms with Gasteiger partial charge in [-0.1, -0.05) is 94.7 Å². The number of nitrogens with one attached hydrogen (secondary N) is 3. The summed E-state index contributed by atoms with van der Waals surface area (Å²) in [6.45, 7) is 9.94. The fourth-order valence-corrected chi connectivity index (χ4v) is 9.36. The Labute approximate surface area is 407 Å². The average Bonchev–Trinajstić information content (AvgIpc) is 4.06. The van der Waals surface area contributed by atoms with E-state index >= 15 is 0 Å². The highest BCUT2D eigenvalue weighted by Gasteiger charge is 2.22. The van der Waals surface area contributed by atoms with Gasteiger partial charge in [-0.3, -0.25) is 28.8 Å². The number of aromatic nitrogens is 6. The molecule has 0 unspecified atom stereocenters. The molecule has 0 aliphatic carbocycles. The Hall–Kier alpha value is -6.52. The summed E-state index contributed by atoms with van der Waals surface area (Å²) in [5.74, 6) is -0.271. The zero-order chi connectivity index (χ0) is 49.8. The van der Waals surface area contributed by atoms with Crippen molar-refractivity contribution in [3.63, 3.8) is 0 Å². The number of hydrogen-bond acceptors (Lipinski definition) is 18. The first kappa shape index (κ1) is 54.1. The zero-order valence-electron chi connectivity index (χ0n) is 38.9. The zero-order valence-corrected chi connectivity index (χ0v) is 41.4. The summed E-state index contributed by atoms with van der Waals surface area (Å²) in [4.78, 5) is 67.9. The number of nitrogens with zero attached hydrogens (tertiary/aromatic N) is 6. The highest BCUT2D eigenvalue weighted by Crippen LogP contribution is 2.26. The van der Waals surface area contributed by atoms with Gasteiger partial charge in [0.2, 0.25) is 17.7 Å². The van der Waals surface area contributed by atoms with Crippen molar-refractivity contribution in [1.29, 1.82) is 0 Å². The molecule has 6 aromatic rings.